The number of hydrogen-bond acceptors (Lipinski definition) is 4. The molecular formula is C11H16N2O3S. The summed E-state index contributed by atoms with van der Waals surface area (Å²) in [7, 11) is -2.92. The van der Waals surface area contributed by atoms with Crippen LogP contribution < -0.4 is 0 Å². The molecule has 1 aliphatic rings. The number of rotatable bonds is 3. The summed E-state index contributed by atoms with van der Waals surface area (Å²) in [6.07, 6.45) is 3.02. The smallest absolute Gasteiger partial charge is 0.153 e. The van der Waals surface area contributed by atoms with Crippen LogP contribution in [0.25, 0.3) is 0 Å². The fourth-order valence-electron chi connectivity index (χ4n) is 2.13. The molecular weight excluding hydrogens is 240 g/mol. The van der Waals surface area contributed by atoms with Crippen LogP contribution in [0.1, 0.15) is 48.3 Å². The summed E-state index contributed by atoms with van der Waals surface area (Å²) in [5.74, 6) is 0.504. The van der Waals surface area contributed by atoms with E-state index >= 15 is 0 Å². The zero-order valence-electron chi connectivity index (χ0n) is 9.96. The molecule has 1 saturated heterocycles. The van der Waals surface area contributed by atoms with Gasteiger partial charge in [-0.15, -0.1) is 0 Å². The predicted octanol–water partition coefficient (Wildman–Crippen LogP) is 1.18. The van der Waals surface area contributed by atoms with Crippen molar-refractivity contribution in [3.05, 3.63) is 17.5 Å². The minimum atomic E-state index is -2.92. The van der Waals surface area contributed by atoms with Crippen LogP contribution in [0.15, 0.2) is 6.20 Å². The van der Waals surface area contributed by atoms with Gasteiger partial charge in [0.25, 0.3) is 0 Å². The highest BCUT2D eigenvalue weighted by atomic mass is 32.2. The first-order chi connectivity index (χ1) is 7.93. The van der Waals surface area contributed by atoms with Crippen LogP contribution in [0, 0.1) is 0 Å². The molecule has 0 saturated carbocycles. The summed E-state index contributed by atoms with van der Waals surface area (Å²) in [4.78, 5) is 10.9. The molecule has 0 aromatic carbocycles. The van der Waals surface area contributed by atoms with Crippen LogP contribution >= 0.6 is 0 Å². The molecule has 0 amide bonds. The van der Waals surface area contributed by atoms with E-state index < -0.39 is 9.84 Å². The first-order valence-corrected chi connectivity index (χ1v) is 7.49. The molecule has 0 N–H and O–H groups in total. The second-order valence-corrected chi connectivity index (χ2v) is 7.01. The fourth-order valence-corrected chi connectivity index (χ4v) is 3.83. The minimum Gasteiger partial charge on any atom is -0.298 e. The number of nitrogens with zero attached hydrogens (tertiary/aromatic N) is 2. The van der Waals surface area contributed by atoms with Crippen molar-refractivity contribution < 1.29 is 13.2 Å². The van der Waals surface area contributed by atoms with Crippen molar-refractivity contribution in [1.29, 1.82) is 0 Å². The first kappa shape index (κ1) is 12.3. The Bertz CT molecular complexity index is 531. The molecule has 1 unspecified atom stereocenters. The Morgan fingerprint density at radius 3 is 2.65 bits per heavy atom. The molecule has 94 valence electrons. The van der Waals surface area contributed by atoms with Gasteiger partial charge >= 0.3 is 0 Å². The maximum absolute atomic E-state index is 11.4. The van der Waals surface area contributed by atoms with Crippen molar-refractivity contribution >= 4 is 16.1 Å². The molecule has 1 aliphatic heterocycles. The lowest BCUT2D eigenvalue weighted by Gasteiger charge is -2.07. The van der Waals surface area contributed by atoms with Crippen LogP contribution in [0.4, 0.5) is 0 Å². The van der Waals surface area contributed by atoms with Gasteiger partial charge in [0, 0.05) is 6.20 Å². The second kappa shape index (κ2) is 4.25. The molecule has 2 heterocycles. The molecule has 0 radical (unpaired) electrons. The van der Waals surface area contributed by atoms with Crippen molar-refractivity contribution in [2.45, 2.75) is 32.2 Å². The molecule has 2 rings (SSSR count). The van der Waals surface area contributed by atoms with E-state index in [1.54, 1.807) is 10.9 Å². The van der Waals surface area contributed by atoms with Crippen LogP contribution in [0.5, 0.6) is 0 Å². The third-order valence-corrected chi connectivity index (χ3v) is 4.80. The zero-order valence-corrected chi connectivity index (χ0v) is 10.8. The van der Waals surface area contributed by atoms with E-state index in [-0.39, 0.29) is 23.5 Å². The van der Waals surface area contributed by atoms with Crippen LogP contribution in [-0.4, -0.2) is 36.0 Å². The maximum atomic E-state index is 11.4. The quantitative estimate of drug-likeness (QED) is 0.761. The topological polar surface area (TPSA) is 69.0 Å². The zero-order chi connectivity index (χ0) is 12.6. The molecule has 1 aromatic rings. The summed E-state index contributed by atoms with van der Waals surface area (Å²) in [5, 5.41) is 4.35. The van der Waals surface area contributed by atoms with E-state index in [9.17, 15) is 13.2 Å². The molecule has 0 spiro atoms. The van der Waals surface area contributed by atoms with Crippen molar-refractivity contribution in [2.24, 2.45) is 0 Å². The summed E-state index contributed by atoms with van der Waals surface area (Å²) in [6.45, 7) is 3.93. The van der Waals surface area contributed by atoms with E-state index in [2.05, 4.69) is 5.10 Å². The van der Waals surface area contributed by atoms with Crippen molar-refractivity contribution in [3.63, 3.8) is 0 Å². The lowest BCUT2D eigenvalue weighted by Crippen LogP contribution is -2.11. The number of aldehydes is 1. The molecule has 0 aliphatic carbocycles. The van der Waals surface area contributed by atoms with E-state index in [4.69, 9.17) is 0 Å². The van der Waals surface area contributed by atoms with Crippen LogP contribution in [0.2, 0.25) is 0 Å². The monoisotopic (exact) mass is 256 g/mol. The van der Waals surface area contributed by atoms with E-state index in [0.717, 1.165) is 12.0 Å². The predicted molar refractivity (Wildman–Crippen MR) is 64.0 cm³/mol. The Kier molecular flexibility index (Phi) is 3.07. The van der Waals surface area contributed by atoms with Gasteiger partial charge in [-0.25, -0.2) is 8.42 Å². The van der Waals surface area contributed by atoms with Gasteiger partial charge in [0.05, 0.1) is 28.8 Å². The van der Waals surface area contributed by atoms with Crippen molar-refractivity contribution in [1.82, 2.24) is 9.78 Å². The van der Waals surface area contributed by atoms with Crippen LogP contribution in [-0.2, 0) is 9.84 Å². The minimum absolute atomic E-state index is 0.119. The van der Waals surface area contributed by atoms with E-state index in [1.807, 2.05) is 13.8 Å². The largest absolute Gasteiger partial charge is 0.298 e. The second-order valence-electron chi connectivity index (χ2n) is 4.78. The Balaban J connectivity index is 2.32. The normalized spacial score (nSPS) is 23.1. The van der Waals surface area contributed by atoms with Gasteiger partial charge < -0.3 is 0 Å². The Morgan fingerprint density at radius 1 is 1.53 bits per heavy atom. The Morgan fingerprint density at radius 2 is 2.24 bits per heavy atom. The highest BCUT2D eigenvalue weighted by molar-refractivity contribution is 7.91. The van der Waals surface area contributed by atoms with Gasteiger partial charge in [0.2, 0.25) is 0 Å². The van der Waals surface area contributed by atoms with Gasteiger partial charge in [0.15, 0.2) is 16.1 Å². The van der Waals surface area contributed by atoms with Gasteiger partial charge in [-0.3, -0.25) is 9.48 Å². The van der Waals surface area contributed by atoms with E-state index in [0.29, 0.717) is 12.0 Å². The number of hydrogen-bond donors (Lipinski definition) is 0. The number of carbonyl (C=O) groups excluding carboxylic acids is 1. The third-order valence-electron chi connectivity index (χ3n) is 3.05. The molecule has 5 nitrogen and oxygen atoms in total. The lowest BCUT2D eigenvalue weighted by atomic mass is 10.1. The lowest BCUT2D eigenvalue weighted by molar-refractivity contribution is 0.112. The number of aromatic nitrogens is 2. The van der Waals surface area contributed by atoms with E-state index in [1.165, 1.54) is 0 Å². The summed E-state index contributed by atoms with van der Waals surface area (Å²) in [6, 6.07) is -0.119. The molecule has 1 fully saturated rings. The number of sulfone groups is 1. The summed E-state index contributed by atoms with van der Waals surface area (Å²) in [5.41, 5.74) is 1.30. The highest BCUT2D eigenvalue weighted by Crippen LogP contribution is 2.25. The molecule has 1 aromatic heterocycles. The van der Waals surface area contributed by atoms with Gasteiger partial charge in [0.1, 0.15) is 0 Å². The molecule has 1 atom stereocenters. The van der Waals surface area contributed by atoms with Gasteiger partial charge in [-0.1, -0.05) is 13.8 Å². The Labute approximate surface area is 101 Å². The van der Waals surface area contributed by atoms with Crippen molar-refractivity contribution in [2.75, 3.05) is 11.5 Å². The van der Waals surface area contributed by atoms with Gasteiger partial charge in [-0.2, -0.15) is 5.10 Å². The maximum Gasteiger partial charge on any atom is 0.153 e. The SMILES string of the molecule is CC(C)c1nn(C2CCS(=O)(=O)C2)cc1C=O. The molecule has 0 bridgehead atoms. The average Bonchev–Trinajstić information content (AvgIpc) is 2.80. The Hall–Kier alpha value is -1.17. The van der Waals surface area contributed by atoms with Crippen molar-refractivity contribution in [3.8, 4) is 0 Å². The van der Waals surface area contributed by atoms with Crippen LogP contribution in [0.3, 0.4) is 0 Å². The first-order valence-electron chi connectivity index (χ1n) is 5.67. The third kappa shape index (κ3) is 2.41. The standard InChI is InChI=1S/C11H16N2O3S/c1-8(2)11-9(6-14)5-13(12-11)10-3-4-17(15,16)7-10/h5-6,8,10H,3-4,7H2,1-2H3. The highest BCUT2D eigenvalue weighted by Gasteiger charge is 2.30. The van der Waals surface area contributed by atoms with Gasteiger partial charge in [-0.05, 0) is 12.3 Å². The summed E-state index contributed by atoms with van der Waals surface area (Å²) < 4.78 is 24.4. The molecule has 17 heavy (non-hydrogen) atoms. The fraction of sp³-hybridized carbons (Fsp3) is 0.636. The number of carbonyl (C=O) groups is 1. The summed E-state index contributed by atoms with van der Waals surface area (Å²) >= 11 is 0. The average molecular weight is 256 g/mol. The molecule has 6 heteroatoms.